The third kappa shape index (κ3) is 5.57. The van der Waals surface area contributed by atoms with Gasteiger partial charge in [0.1, 0.15) is 18.1 Å². The number of amides is 1. The average molecular weight is 493 g/mol. The first-order valence-electron chi connectivity index (χ1n) is 11.9. The van der Waals surface area contributed by atoms with Gasteiger partial charge in [-0.2, -0.15) is 0 Å². The zero-order valence-corrected chi connectivity index (χ0v) is 21.9. The number of carbonyl (C=O) groups is 1. The van der Waals surface area contributed by atoms with Crippen LogP contribution in [0.1, 0.15) is 38.2 Å². The normalized spacial score (nSPS) is 13.7. The lowest BCUT2D eigenvalue weighted by Crippen LogP contribution is -2.49. The largest absolute Gasteiger partial charge is 0.496 e. The van der Waals surface area contributed by atoms with E-state index in [0.29, 0.717) is 31.0 Å². The molecule has 1 aliphatic heterocycles. The van der Waals surface area contributed by atoms with E-state index >= 15 is 0 Å². The van der Waals surface area contributed by atoms with Crippen LogP contribution >= 0.6 is 11.6 Å². The van der Waals surface area contributed by atoms with Crippen LogP contribution < -0.4 is 14.4 Å². The lowest BCUT2D eigenvalue weighted by Gasteiger charge is -2.37. The summed E-state index contributed by atoms with van der Waals surface area (Å²) in [6, 6.07) is 15.7. The Labute approximate surface area is 213 Å². The van der Waals surface area contributed by atoms with E-state index < -0.39 is 0 Å². The Morgan fingerprint density at radius 1 is 0.886 bits per heavy atom. The van der Waals surface area contributed by atoms with E-state index in [4.69, 9.17) is 21.1 Å². The second-order valence-electron chi connectivity index (χ2n) is 9.23. The quantitative estimate of drug-likeness (QED) is 0.415. The van der Waals surface area contributed by atoms with Crippen LogP contribution in [-0.4, -0.2) is 44.1 Å². The molecule has 6 heteroatoms. The smallest absolute Gasteiger partial charge is 0.253 e. The molecule has 184 valence electrons. The van der Waals surface area contributed by atoms with Crippen LogP contribution in [0.25, 0.3) is 0 Å². The number of hydrogen-bond donors (Lipinski definition) is 0. The highest BCUT2D eigenvalue weighted by molar-refractivity contribution is 6.30. The minimum atomic E-state index is 0.0268. The summed E-state index contributed by atoms with van der Waals surface area (Å²) in [4.78, 5) is 17.5. The molecule has 3 aromatic carbocycles. The lowest BCUT2D eigenvalue weighted by atomic mass is 10.1. The second-order valence-corrected chi connectivity index (χ2v) is 9.67. The van der Waals surface area contributed by atoms with E-state index in [1.165, 1.54) is 11.1 Å². The van der Waals surface area contributed by atoms with Crippen LogP contribution in [0.4, 0.5) is 5.69 Å². The van der Waals surface area contributed by atoms with E-state index in [1.807, 2.05) is 47.4 Å². The second kappa shape index (κ2) is 10.6. The van der Waals surface area contributed by atoms with Crippen molar-refractivity contribution in [1.29, 1.82) is 0 Å². The number of ether oxygens (including phenoxy) is 2. The number of methoxy groups -OCH3 is 1. The standard InChI is InChI=1S/C29H33ClN2O3/c1-19-14-21(3)22(4)28(15-19)35-18-24-16-23(7-9-27(24)34-5)29(33)32-12-10-31(11-13-32)26-17-25(30)8-6-20(26)2/h6-9,14-17H,10-13,18H2,1-5H3. The molecule has 1 fully saturated rings. The Kier molecular flexibility index (Phi) is 7.56. The van der Waals surface area contributed by atoms with Gasteiger partial charge in [0.25, 0.3) is 5.91 Å². The molecular weight excluding hydrogens is 460 g/mol. The fraction of sp³-hybridized carbons (Fsp3) is 0.345. The number of nitrogens with zero attached hydrogens (tertiary/aromatic N) is 2. The minimum Gasteiger partial charge on any atom is -0.496 e. The number of halogens is 1. The number of anilines is 1. The summed E-state index contributed by atoms with van der Waals surface area (Å²) in [5.74, 6) is 1.59. The average Bonchev–Trinajstić information content (AvgIpc) is 2.86. The Bertz CT molecular complexity index is 1230. The molecule has 0 aliphatic carbocycles. The molecule has 0 unspecified atom stereocenters. The maximum Gasteiger partial charge on any atom is 0.253 e. The monoisotopic (exact) mass is 492 g/mol. The minimum absolute atomic E-state index is 0.0268. The predicted octanol–water partition coefficient (Wildman–Crippen LogP) is 6.12. The van der Waals surface area contributed by atoms with Crippen molar-refractivity contribution in [3.05, 3.63) is 86.9 Å². The summed E-state index contributed by atoms with van der Waals surface area (Å²) in [7, 11) is 1.64. The van der Waals surface area contributed by atoms with E-state index in [0.717, 1.165) is 46.2 Å². The van der Waals surface area contributed by atoms with Gasteiger partial charge in [-0.1, -0.05) is 23.7 Å². The summed E-state index contributed by atoms with van der Waals surface area (Å²) >= 11 is 6.21. The van der Waals surface area contributed by atoms with Crippen molar-refractivity contribution in [3.63, 3.8) is 0 Å². The molecule has 0 aromatic heterocycles. The van der Waals surface area contributed by atoms with Crippen LogP contribution in [0, 0.1) is 27.7 Å². The molecule has 1 heterocycles. The van der Waals surface area contributed by atoms with Crippen LogP contribution in [-0.2, 0) is 6.61 Å². The molecule has 35 heavy (non-hydrogen) atoms. The zero-order valence-electron chi connectivity index (χ0n) is 21.2. The molecule has 0 bridgehead atoms. The van der Waals surface area contributed by atoms with Gasteiger partial charge in [0.05, 0.1) is 7.11 Å². The lowest BCUT2D eigenvalue weighted by molar-refractivity contribution is 0.0746. The number of rotatable bonds is 6. The SMILES string of the molecule is COc1ccc(C(=O)N2CCN(c3cc(Cl)ccc3C)CC2)cc1COc1cc(C)cc(C)c1C. The number of hydrogen-bond acceptors (Lipinski definition) is 4. The van der Waals surface area contributed by atoms with Crippen molar-refractivity contribution in [1.82, 2.24) is 4.90 Å². The van der Waals surface area contributed by atoms with Gasteiger partial charge in [-0.3, -0.25) is 4.79 Å². The molecule has 0 radical (unpaired) electrons. The Balaban J connectivity index is 1.46. The summed E-state index contributed by atoms with van der Waals surface area (Å²) in [5, 5.41) is 0.730. The van der Waals surface area contributed by atoms with Crippen molar-refractivity contribution < 1.29 is 14.3 Å². The highest BCUT2D eigenvalue weighted by Gasteiger charge is 2.24. The Morgan fingerprint density at radius 2 is 1.63 bits per heavy atom. The van der Waals surface area contributed by atoms with Crippen LogP contribution in [0.5, 0.6) is 11.5 Å². The molecule has 0 N–H and O–H groups in total. The highest BCUT2D eigenvalue weighted by atomic mass is 35.5. The maximum absolute atomic E-state index is 13.3. The third-order valence-electron chi connectivity index (χ3n) is 6.75. The highest BCUT2D eigenvalue weighted by Crippen LogP contribution is 2.28. The first-order chi connectivity index (χ1) is 16.8. The fourth-order valence-electron chi connectivity index (χ4n) is 4.59. The Hall–Kier alpha value is -3.18. The van der Waals surface area contributed by atoms with Gasteiger partial charge < -0.3 is 19.3 Å². The molecule has 1 amide bonds. The van der Waals surface area contributed by atoms with Crippen molar-refractivity contribution in [2.75, 3.05) is 38.2 Å². The van der Waals surface area contributed by atoms with Crippen molar-refractivity contribution >= 4 is 23.2 Å². The number of benzene rings is 3. The van der Waals surface area contributed by atoms with E-state index in [1.54, 1.807) is 7.11 Å². The molecule has 0 atom stereocenters. The number of aryl methyl sites for hydroxylation is 3. The van der Waals surface area contributed by atoms with Crippen molar-refractivity contribution in [2.45, 2.75) is 34.3 Å². The molecule has 1 saturated heterocycles. The van der Waals surface area contributed by atoms with Crippen molar-refractivity contribution in [3.8, 4) is 11.5 Å². The number of carbonyl (C=O) groups excluding carboxylic acids is 1. The third-order valence-corrected chi connectivity index (χ3v) is 6.99. The van der Waals surface area contributed by atoms with E-state index in [2.05, 4.69) is 38.7 Å². The molecular formula is C29H33ClN2O3. The van der Waals surface area contributed by atoms with Crippen LogP contribution in [0.3, 0.4) is 0 Å². The van der Waals surface area contributed by atoms with Crippen LogP contribution in [0.2, 0.25) is 5.02 Å². The summed E-state index contributed by atoms with van der Waals surface area (Å²) < 4.78 is 11.7. The van der Waals surface area contributed by atoms with Gasteiger partial charge in [-0.05, 0) is 86.3 Å². The number of piperazine rings is 1. The molecule has 0 spiro atoms. The van der Waals surface area contributed by atoms with Gasteiger partial charge in [0, 0.05) is 48.0 Å². The van der Waals surface area contributed by atoms with Gasteiger partial charge in [-0.25, -0.2) is 0 Å². The van der Waals surface area contributed by atoms with Gasteiger partial charge in [0.2, 0.25) is 0 Å². The van der Waals surface area contributed by atoms with Gasteiger partial charge in [0.15, 0.2) is 0 Å². The van der Waals surface area contributed by atoms with Gasteiger partial charge in [-0.15, -0.1) is 0 Å². The zero-order chi connectivity index (χ0) is 25.1. The fourth-order valence-corrected chi connectivity index (χ4v) is 4.75. The van der Waals surface area contributed by atoms with Crippen molar-refractivity contribution in [2.24, 2.45) is 0 Å². The predicted molar refractivity (Wildman–Crippen MR) is 142 cm³/mol. The molecule has 1 aliphatic rings. The van der Waals surface area contributed by atoms with Crippen LogP contribution in [0.15, 0.2) is 48.5 Å². The molecule has 4 rings (SSSR count). The molecule has 3 aromatic rings. The van der Waals surface area contributed by atoms with E-state index in [-0.39, 0.29) is 5.91 Å². The van der Waals surface area contributed by atoms with Gasteiger partial charge >= 0.3 is 0 Å². The molecule has 0 saturated carbocycles. The maximum atomic E-state index is 13.3. The Morgan fingerprint density at radius 3 is 2.34 bits per heavy atom. The summed E-state index contributed by atoms with van der Waals surface area (Å²) in [6.07, 6.45) is 0. The molecule has 5 nitrogen and oxygen atoms in total. The van der Waals surface area contributed by atoms with E-state index in [9.17, 15) is 4.79 Å². The summed E-state index contributed by atoms with van der Waals surface area (Å²) in [6.45, 7) is 11.5. The summed E-state index contributed by atoms with van der Waals surface area (Å²) in [5.41, 5.74) is 7.30. The first kappa shape index (κ1) is 24.9. The first-order valence-corrected chi connectivity index (χ1v) is 12.3. The topological polar surface area (TPSA) is 42.0 Å².